The summed E-state index contributed by atoms with van der Waals surface area (Å²) in [5, 5.41) is 2.81. The number of sulfonamides is 1. The second-order valence-electron chi connectivity index (χ2n) is 8.09. The van der Waals surface area contributed by atoms with E-state index >= 15 is 0 Å². The van der Waals surface area contributed by atoms with Crippen molar-refractivity contribution in [3.8, 4) is 0 Å². The van der Waals surface area contributed by atoms with Crippen molar-refractivity contribution in [1.29, 1.82) is 0 Å². The maximum Gasteiger partial charge on any atom is 0.339 e. The Bertz CT molecular complexity index is 1290. The number of rotatable bonds is 8. The molecular formula is C26H28N2O5S. The van der Waals surface area contributed by atoms with E-state index in [0.29, 0.717) is 11.3 Å². The van der Waals surface area contributed by atoms with Crippen LogP contribution >= 0.6 is 0 Å². The van der Waals surface area contributed by atoms with Gasteiger partial charge in [-0.25, -0.2) is 13.2 Å². The third-order valence-corrected chi connectivity index (χ3v) is 6.80. The molecule has 0 unspecified atom stereocenters. The molecule has 3 rings (SSSR count). The van der Waals surface area contributed by atoms with Crippen molar-refractivity contribution < 1.29 is 22.7 Å². The van der Waals surface area contributed by atoms with Crippen LogP contribution in [0.2, 0.25) is 0 Å². The monoisotopic (exact) mass is 480 g/mol. The lowest BCUT2D eigenvalue weighted by atomic mass is 10.1. The highest BCUT2D eigenvalue weighted by atomic mass is 32.2. The van der Waals surface area contributed by atoms with E-state index in [1.165, 1.54) is 25.1 Å². The second-order valence-corrected chi connectivity index (χ2v) is 9.77. The molecule has 2 atom stereocenters. The number of ether oxygens (including phenoxy) is 1. The van der Waals surface area contributed by atoms with E-state index in [4.69, 9.17) is 4.74 Å². The van der Waals surface area contributed by atoms with Crippen molar-refractivity contribution >= 4 is 27.6 Å². The van der Waals surface area contributed by atoms with Crippen molar-refractivity contribution in [1.82, 2.24) is 5.32 Å². The predicted molar refractivity (Wildman–Crippen MR) is 131 cm³/mol. The zero-order valence-corrected chi connectivity index (χ0v) is 20.3. The van der Waals surface area contributed by atoms with Crippen LogP contribution in [0.15, 0.2) is 77.7 Å². The van der Waals surface area contributed by atoms with Crippen LogP contribution in [0.5, 0.6) is 0 Å². The molecule has 7 nitrogen and oxygen atoms in total. The Hall–Kier alpha value is -3.65. The Labute approximate surface area is 200 Å². The largest absolute Gasteiger partial charge is 0.449 e. The Morgan fingerprint density at radius 2 is 1.50 bits per heavy atom. The molecule has 0 aliphatic carbocycles. The number of aryl methyl sites for hydroxylation is 2. The Balaban J connectivity index is 1.73. The van der Waals surface area contributed by atoms with Gasteiger partial charge < -0.3 is 10.1 Å². The molecule has 34 heavy (non-hydrogen) atoms. The molecule has 0 saturated carbocycles. The van der Waals surface area contributed by atoms with Gasteiger partial charge in [0.2, 0.25) is 0 Å². The molecule has 3 aromatic carbocycles. The van der Waals surface area contributed by atoms with E-state index in [9.17, 15) is 18.0 Å². The molecule has 2 N–H and O–H groups in total. The van der Waals surface area contributed by atoms with Gasteiger partial charge in [-0.2, -0.15) is 0 Å². The van der Waals surface area contributed by atoms with E-state index in [1.54, 1.807) is 32.0 Å². The minimum Gasteiger partial charge on any atom is -0.449 e. The quantitative estimate of drug-likeness (QED) is 0.462. The first-order chi connectivity index (χ1) is 16.1. The van der Waals surface area contributed by atoms with E-state index in [1.807, 2.05) is 43.3 Å². The van der Waals surface area contributed by atoms with Crippen LogP contribution in [0.3, 0.4) is 0 Å². The minimum atomic E-state index is -3.94. The molecule has 8 heteroatoms. The van der Waals surface area contributed by atoms with Crippen LogP contribution in [0, 0.1) is 13.8 Å². The first-order valence-corrected chi connectivity index (χ1v) is 12.3. The molecule has 0 fully saturated rings. The van der Waals surface area contributed by atoms with Gasteiger partial charge in [0.05, 0.1) is 22.2 Å². The highest BCUT2D eigenvalue weighted by Crippen LogP contribution is 2.22. The van der Waals surface area contributed by atoms with Gasteiger partial charge in [0.25, 0.3) is 15.9 Å². The first-order valence-electron chi connectivity index (χ1n) is 10.8. The highest BCUT2D eigenvalue weighted by molar-refractivity contribution is 7.92. The van der Waals surface area contributed by atoms with Gasteiger partial charge in [-0.3, -0.25) is 9.52 Å². The number of hydrogen-bond donors (Lipinski definition) is 2. The zero-order valence-electron chi connectivity index (χ0n) is 19.5. The Morgan fingerprint density at radius 1 is 0.853 bits per heavy atom. The first kappa shape index (κ1) is 25.0. The molecule has 0 radical (unpaired) electrons. The van der Waals surface area contributed by atoms with Crippen molar-refractivity contribution in [2.45, 2.75) is 44.7 Å². The summed E-state index contributed by atoms with van der Waals surface area (Å²) in [5.74, 6) is -1.23. The number of para-hydroxylation sites is 1. The van der Waals surface area contributed by atoms with Gasteiger partial charge in [0.15, 0.2) is 6.10 Å². The molecule has 1 amide bonds. The maximum absolute atomic E-state index is 12.9. The molecule has 0 aromatic heterocycles. The Kier molecular flexibility index (Phi) is 7.73. The topological polar surface area (TPSA) is 102 Å². The smallest absolute Gasteiger partial charge is 0.339 e. The summed E-state index contributed by atoms with van der Waals surface area (Å²) in [6.45, 7) is 6.77. The molecule has 3 aromatic rings. The van der Waals surface area contributed by atoms with E-state index in [-0.39, 0.29) is 16.5 Å². The average Bonchev–Trinajstić information content (AvgIpc) is 2.81. The van der Waals surface area contributed by atoms with Gasteiger partial charge >= 0.3 is 5.97 Å². The maximum atomic E-state index is 12.9. The number of carbonyl (C=O) groups is 2. The van der Waals surface area contributed by atoms with Crippen LogP contribution in [0.1, 0.15) is 46.9 Å². The van der Waals surface area contributed by atoms with E-state index < -0.39 is 28.0 Å². The lowest BCUT2D eigenvalue weighted by Crippen LogP contribution is -2.37. The number of hydrogen-bond acceptors (Lipinski definition) is 5. The highest BCUT2D eigenvalue weighted by Gasteiger charge is 2.24. The van der Waals surface area contributed by atoms with E-state index in [0.717, 1.165) is 11.1 Å². The summed E-state index contributed by atoms with van der Waals surface area (Å²) < 4.78 is 33.7. The molecule has 0 spiro atoms. The average molecular weight is 481 g/mol. The fraction of sp³-hybridized carbons (Fsp3) is 0.231. The number of nitrogens with one attached hydrogen (secondary N) is 2. The van der Waals surface area contributed by atoms with Gasteiger partial charge in [0.1, 0.15) is 0 Å². The van der Waals surface area contributed by atoms with Crippen LogP contribution in [-0.4, -0.2) is 26.4 Å². The minimum absolute atomic E-state index is 0.0726. The summed E-state index contributed by atoms with van der Waals surface area (Å²) in [5.41, 5.74) is 2.74. The molecule has 0 aliphatic rings. The fourth-order valence-corrected chi connectivity index (χ4v) is 4.47. The third kappa shape index (κ3) is 6.02. The number of amides is 1. The molecular weight excluding hydrogens is 452 g/mol. The van der Waals surface area contributed by atoms with Crippen LogP contribution in [-0.2, 0) is 19.6 Å². The standard InChI is InChI=1S/C26H28N2O5S/c1-17-14-15-22(34(31,32)28-24-13-9-8-10-18(24)2)16-23(17)26(30)33-20(4)25(29)27-19(3)21-11-6-5-7-12-21/h5-16,19-20,28H,1-4H3,(H,27,29)/t19-,20+/m1/s1. The lowest BCUT2D eigenvalue weighted by Gasteiger charge is -2.19. The lowest BCUT2D eigenvalue weighted by molar-refractivity contribution is -0.129. The molecule has 0 heterocycles. The normalized spacial score (nSPS) is 12.9. The van der Waals surface area contributed by atoms with Gasteiger partial charge in [-0.1, -0.05) is 54.6 Å². The molecule has 0 aliphatic heterocycles. The zero-order chi connectivity index (χ0) is 24.9. The number of carbonyl (C=O) groups excluding carboxylic acids is 2. The summed E-state index contributed by atoms with van der Waals surface area (Å²) in [7, 11) is -3.94. The third-order valence-electron chi connectivity index (χ3n) is 5.44. The van der Waals surface area contributed by atoms with Crippen LogP contribution in [0.4, 0.5) is 5.69 Å². The van der Waals surface area contributed by atoms with Crippen molar-refractivity contribution in [3.63, 3.8) is 0 Å². The summed E-state index contributed by atoms with van der Waals surface area (Å²) in [4.78, 5) is 25.3. The van der Waals surface area contributed by atoms with Crippen molar-refractivity contribution in [3.05, 3.63) is 95.1 Å². The molecule has 0 saturated heterocycles. The van der Waals surface area contributed by atoms with Gasteiger partial charge in [-0.05, 0) is 62.6 Å². The number of anilines is 1. The predicted octanol–water partition coefficient (Wildman–Crippen LogP) is 4.53. The Morgan fingerprint density at radius 3 is 2.18 bits per heavy atom. The van der Waals surface area contributed by atoms with Crippen molar-refractivity contribution in [2.75, 3.05) is 4.72 Å². The summed E-state index contributed by atoms with van der Waals surface area (Å²) in [6.07, 6.45) is -1.07. The summed E-state index contributed by atoms with van der Waals surface area (Å²) in [6, 6.07) is 20.4. The fourth-order valence-electron chi connectivity index (χ4n) is 3.31. The number of esters is 1. The van der Waals surface area contributed by atoms with Crippen LogP contribution < -0.4 is 10.0 Å². The summed E-state index contributed by atoms with van der Waals surface area (Å²) >= 11 is 0. The van der Waals surface area contributed by atoms with Gasteiger partial charge in [-0.15, -0.1) is 0 Å². The van der Waals surface area contributed by atoms with E-state index in [2.05, 4.69) is 10.0 Å². The SMILES string of the molecule is Cc1ccccc1NS(=O)(=O)c1ccc(C)c(C(=O)O[C@@H](C)C(=O)N[C@H](C)c2ccccc2)c1. The number of benzene rings is 3. The van der Waals surface area contributed by atoms with Crippen molar-refractivity contribution in [2.24, 2.45) is 0 Å². The van der Waals surface area contributed by atoms with Crippen LogP contribution in [0.25, 0.3) is 0 Å². The second kappa shape index (κ2) is 10.5. The van der Waals surface area contributed by atoms with Gasteiger partial charge in [0, 0.05) is 0 Å². The molecule has 0 bridgehead atoms. The molecule has 178 valence electrons.